The summed E-state index contributed by atoms with van der Waals surface area (Å²) < 4.78 is 5.11. The summed E-state index contributed by atoms with van der Waals surface area (Å²) in [5.41, 5.74) is 2.00. The first kappa shape index (κ1) is 18.5. The predicted octanol–water partition coefficient (Wildman–Crippen LogP) is 3.80. The van der Waals surface area contributed by atoms with Crippen molar-refractivity contribution in [3.63, 3.8) is 0 Å². The molecule has 3 rings (SSSR count). The van der Waals surface area contributed by atoms with Crippen LogP contribution in [-0.4, -0.2) is 35.2 Å². The molecule has 0 aliphatic carbocycles. The number of carbonyl (C=O) groups excluding carboxylic acids is 1. The maximum atomic E-state index is 12.3. The van der Waals surface area contributed by atoms with Gasteiger partial charge in [-0.05, 0) is 55.2 Å². The quantitative estimate of drug-likeness (QED) is 0.667. The SMILES string of the molecule is COc1ccc(NC(=O)c2nnc(CN(C)Cc3sccc3C)s2)cc1. The number of hydrogen-bond acceptors (Lipinski definition) is 7. The van der Waals surface area contributed by atoms with Crippen LogP contribution in [0.15, 0.2) is 35.7 Å². The van der Waals surface area contributed by atoms with Crippen molar-refractivity contribution in [3.8, 4) is 5.75 Å². The summed E-state index contributed by atoms with van der Waals surface area (Å²) in [5, 5.41) is 14.3. The lowest BCUT2D eigenvalue weighted by atomic mass is 10.3. The Labute approximate surface area is 160 Å². The number of anilines is 1. The highest BCUT2D eigenvalue weighted by Gasteiger charge is 2.15. The standard InChI is InChI=1S/C18H20N4O2S2/c1-12-8-9-25-15(12)10-22(2)11-16-20-21-18(26-16)17(23)19-13-4-6-14(24-3)7-5-13/h4-9H,10-11H2,1-3H3,(H,19,23). The fourth-order valence-corrected chi connectivity index (χ4v) is 4.17. The molecule has 0 bridgehead atoms. The Morgan fingerprint density at radius 2 is 1.96 bits per heavy atom. The average molecular weight is 389 g/mol. The van der Waals surface area contributed by atoms with Gasteiger partial charge in [0.15, 0.2) is 0 Å². The van der Waals surface area contributed by atoms with E-state index in [9.17, 15) is 4.79 Å². The number of aromatic nitrogens is 2. The lowest BCUT2D eigenvalue weighted by molar-refractivity contribution is 0.102. The topological polar surface area (TPSA) is 67.3 Å². The van der Waals surface area contributed by atoms with Crippen molar-refractivity contribution >= 4 is 34.3 Å². The van der Waals surface area contributed by atoms with Gasteiger partial charge in [-0.2, -0.15) is 0 Å². The summed E-state index contributed by atoms with van der Waals surface area (Å²) in [6, 6.07) is 9.29. The second-order valence-corrected chi connectivity index (χ2v) is 7.95. The van der Waals surface area contributed by atoms with Gasteiger partial charge in [-0.1, -0.05) is 11.3 Å². The number of nitrogens with one attached hydrogen (secondary N) is 1. The molecule has 0 spiro atoms. The Bertz CT molecular complexity index is 873. The van der Waals surface area contributed by atoms with Crippen LogP contribution < -0.4 is 10.1 Å². The van der Waals surface area contributed by atoms with Gasteiger partial charge in [0.25, 0.3) is 5.91 Å². The van der Waals surface area contributed by atoms with Gasteiger partial charge in [-0.15, -0.1) is 21.5 Å². The first-order chi connectivity index (χ1) is 12.5. The zero-order chi connectivity index (χ0) is 18.5. The van der Waals surface area contributed by atoms with Gasteiger partial charge in [-0.3, -0.25) is 9.69 Å². The Hall–Kier alpha value is -2.29. The monoisotopic (exact) mass is 388 g/mol. The smallest absolute Gasteiger partial charge is 0.286 e. The number of benzene rings is 1. The van der Waals surface area contributed by atoms with Gasteiger partial charge in [0.2, 0.25) is 5.01 Å². The highest BCUT2D eigenvalue weighted by atomic mass is 32.1. The minimum absolute atomic E-state index is 0.254. The van der Waals surface area contributed by atoms with Crippen LogP contribution in [0.4, 0.5) is 5.69 Å². The van der Waals surface area contributed by atoms with E-state index >= 15 is 0 Å². The lowest BCUT2D eigenvalue weighted by Gasteiger charge is -2.13. The molecule has 0 atom stereocenters. The molecule has 3 aromatic rings. The van der Waals surface area contributed by atoms with Crippen molar-refractivity contribution in [1.82, 2.24) is 15.1 Å². The molecule has 26 heavy (non-hydrogen) atoms. The summed E-state index contributed by atoms with van der Waals surface area (Å²) in [6.45, 7) is 3.63. The summed E-state index contributed by atoms with van der Waals surface area (Å²) >= 11 is 3.07. The van der Waals surface area contributed by atoms with Crippen LogP contribution in [0.3, 0.4) is 0 Å². The molecule has 1 amide bonds. The zero-order valence-electron chi connectivity index (χ0n) is 14.9. The summed E-state index contributed by atoms with van der Waals surface area (Å²) in [5.74, 6) is 0.487. The van der Waals surface area contributed by atoms with Gasteiger partial charge in [0, 0.05) is 17.1 Å². The van der Waals surface area contributed by atoms with Crippen LogP contribution in [0.5, 0.6) is 5.75 Å². The molecule has 2 aromatic heterocycles. The Morgan fingerprint density at radius 1 is 1.19 bits per heavy atom. The van der Waals surface area contributed by atoms with Crippen LogP contribution >= 0.6 is 22.7 Å². The normalized spacial score (nSPS) is 10.9. The number of methoxy groups -OCH3 is 1. The maximum Gasteiger partial charge on any atom is 0.286 e. The van der Waals surface area contributed by atoms with E-state index in [0.29, 0.717) is 17.2 Å². The molecule has 2 heterocycles. The van der Waals surface area contributed by atoms with Gasteiger partial charge >= 0.3 is 0 Å². The average Bonchev–Trinajstić information content (AvgIpc) is 3.25. The zero-order valence-corrected chi connectivity index (χ0v) is 16.5. The minimum Gasteiger partial charge on any atom is -0.497 e. The third-order valence-corrected chi connectivity index (χ3v) is 5.71. The molecule has 0 saturated heterocycles. The van der Waals surface area contributed by atoms with E-state index < -0.39 is 0 Å². The number of hydrogen-bond donors (Lipinski definition) is 1. The van der Waals surface area contributed by atoms with Crippen molar-refractivity contribution in [2.24, 2.45) is 0 Å². The Balaban J connectivity index is 1.57. The van der Waals surface area contributed by atoms with E-state index in [1.807, 2.05) is 7.05 Å². The molecule has 6 nitrogen and oxygen atoms in total. The van der Waals surface area contributed by atoms with Gasteiger partial charge in [0.05, 0.1) is 13.7 Å². The maximum absolute atomic E-state index is 12.3. The fraction of sp³-hybridized carbons (Fsp3) is 0.278. The van der Waals surface area contributed by atoms with Crippen LogP contribution in [0.1, 0.15) is 25.3 Å². The van der Waals surface area contributed by atoms with E-state index in [1.54, 1.807) is 42.7 Å². The largest absolute Gasteiger partial charge is 0.497 e. The second-order valence-electron chi connectivity index (χ2n) is 5.88. The number of aryl methyl sites for hydroxylation is 1. The van der Waals surface area contributed by atoms with Gasteiger partial charge in [0.1, 0.15) is 10.8 Å². The van der Waals surface area contributed by atoms with E-state index in [1.165, 1.54) is 21.8 Å². The minimum atomic E-state index is -0.254. The molecular formula is C18H20N4O2S2. The number of ether oxygens (including phenoxy) is 1. The number of thiophene rings is 1. The molecule has 8 heteroatoms. The predicted molar refractivity (Wildman–Crippen MR) is 105 cm³/mol. The highest BCUT2D eigenvalue weighted by molar-refractivity contribution is 7.13. The number of amides is 1. The first-order valence-corrected chi connectivity index (χ1v) is 9.74. The molecule has 0 radical (unpaired) electrons. The lowest BCUT2D eigenvalue weighted by Crippen LogP contribution is -2.16. The number of nitrogens with zero attached hydrogens (tertiary/aromatic N) is 3. The second kappa shape index (κ2) is 8.39. The molecular weight excluding hydrogens is 368 g/mol. The van der Waals surface area contributed by atoms with E-state index in [-0.39, 0.29) is 5.91 Å². The number of carbonyl (C=O) groups is 1. The third kappa shape index (κ3) is 4.66. The van der Waals surface area contributed by atoms with Crippen molar-refractivity contribution in [1.29, 1.82) is 0 Å². The molecule has 0 aliphatic rings. The van der Waals surface area contributed by atoms with Gasteiger partial charge in [-0.25, -0.2) is 0 Å². The molecule has 1 aromatic carbocycles. The van der Waals surface area contributed by atoms with E-state index in [2.05, 4.69) is 38.8 Å². The molecule has 0 fully saturated rings. The fourth-order valence-electron chi connectivity index (χ4n) is 2.37. The molecule has 0 aliphatic heterocycles. The van der Waals surface area contributed by atoms with Crippen LogP contribution in [0.2, 0.25) is 0 Å². The molecule has 136 valence electrons. The first-order valence-electron chi connectivity index (χ1n) is 8.04. The summed E-state index contributed by atoms with van der Waals surface area (Å²) in [4.78, 5) is 15.8. The van der Waals surface area contributed by atoms with Crippen LogP contribution in [0, 0.1) is 6.92 Å². The van der Waals surface area contributed by atoms with Crippen molar-refractivity contribution < 1.29 is 9.53 Å². The van der Waals surface area contributed by atoms with Crippen LogP contribution in [-0.2, 0) is 13.1 Å². The van der Waals surface area contributed by atoms with Gasteiger partial charge < -0.3 is 10.1 Å². The van der Waals surface area contributed by atoms with Crippen molar-refractivity contribution in [2.75, 3.05) is 19.5 Å². The summed E-state index contributed by atoms with van der Waals surface area (Å²) in [6.07, 6.45) is 0. The van der Waals surface area contributed by atoms with E-state index in [4.69, 9.17) is 4.74 Å². The van der Waals surface area contributed by atoms with Crippen LogP contribution in [0.25, 0.3) is 0 Å². The summed E-state index contributed by atoms with van der Waals surface area (Å²) in [7, 11) is 3.64. The Morgan fingerprint density at radius 3 is 2.62 bits per heavy atom. The van der Waals surface area contributed by atoms with Crippen molar-refractivity contribution in [2.45, 2.75) is 20.0 Å². The number of rotatable bonds is 7. The molecule has 1 N–H and O–H groups in total. The molecule has 0 saturated carbocycles. The Kier molecular flexibility index (Phi) is 5.97. The van der Waals surface area contributed by atoms with E-state index in [0.717, 1.165) is 17.3 Å². The molecule has 0 unspecified atom stereocenters. The van der Waals surface area contributed by atoms with Crippen molar-refractivity contribution in [3.05, 3.63) is 56.2 Å². The highest BCUT2D eigenvalue weighted by Crippen LogP contribution is 2.20. The third-order valence-electron chi connectivity index (χ3n) is 3.80.